The number of primary amides is 1. The van der Waals surface area contributed by atoms with Gasteiger partial charge in [-0.05, 0) is 12.8 Å². The number of aromatic amines is 2. The fourth-order valence-electron chi connectivity index (χ4n) is 1.98. The Labute approximate surface area is 97.0 Å². The second kappa shape index (κ2) is 4.44. The molecule has 1 fully saturated rings. The first-order valence-electron chi connectivity index (χ1n) is 5.44. The zero-order valence-corrected chi connectivity index (χ0v) is 9.23. The molecule has 92 valence electrons. The molecule has 1 aromatic heterocycles. The normalized spacial score (nSPS) is 17.1. The Balaban J connectivity index is 1.99. The van der Waals surface area contributed by atoms with Gasteiger partial charge in [-0.2, -0.15) is 0 Å². The first-order chi connectivity index (χ1) is 8.08. The van der Waals surface area contributed by atoms with Crippen molar-refractivity contribution in [1.82, 2.24) is 15.1 Å². The lowest BCUT2D eigenvalue weighted by Gasteiger charge is -2.30. The molecule has 0 saturated carbocycles. The maximum Gasteiger partial charge on any atom is 0.271 e. The highest BCUT2D eigenvalue weighted by molar-refractivity contribution is 5.92. The maximum atomic E-state index is 11.9. The van der Waals surface area contributed by atoms with Crippen molar-refractivity contribution >= 4 is 11.8 Å². The lowest BCUT2D eigenvalue weighted by atomic mass is 9.96. The average molecular weight is 238 g/mol. The standard InChI is InChI=1S/C10H14N4O3/c11-9(16)6-1-3-14(4-2-6)10(17)7-5-8(15)13-12-7/h5-6H,1-4H2,(H2,11,16)(H2,12,13,15). The molecule has 0 aliphatic carbocycles. The summed E-state index contributed by atoms with van der Waals surface area (Å²) < 4.78 is 0. The third-order valence-corrected chi connectivity index (χ3v) is 3.01. The van der Waals surface area contributed by atoms with E-state index >= 15 is 0 Å². The number of amides is 2. The van der Waals surface area contributed by atoms with Crippen LogP contribution in [0.4, 0.5) is 0 Å². The lowest BCUT2D eigenvalue weighted by molar-refractivity contribution is -0.123. The number of nitrogens with zero attached hydrogens (tertiary/aromatic N) is 1. The number of nitrogens with one attached hydrogen (secondary N) is 2. The van der Waals surface area contributed by atoms with Crippen LogP contribution in [0.1, 0.15) is 23.3 Å². The Morgan fingerprint density at radius 1 is 1.29 bits per heavy atom. The van der Waals surface area contributed by atoms with Gasteiger partial charge in [0.15, 0.2) is 0 Å². The number of carbonyl (C=O) groups excluding carboxylic acids is 2. The van der Waals surface area contributed by atoms with Gasteiger partial charge >= 0.3 is 0 Å². The van der Waals surface area contributed by atoms with Gasteiger partial charge in [-0.15, -0.1) is 0 Å². The van der Waals surface area contributed by atoms with E-state index < -0.39 is 0 Å². The number of H-pyrrole nitrogens is 2. The van der Waals surface area contributed by atoms with Crippen LogP contribution in [0.15, 0.2) is 10.9 Å². The lowest BCUT2D eigenvalue weighted by Crippen LogP contribution is -2.41. The molecule has 0 bridgehead atoms. The average Bonchev–Trinajstić information content (AvgIpc) is 2.75. The fraction of sp³-hybridized carbons (Fsp3) is 0.500. The summed E-state index contributed by atoms with van der Waals surface area (Å²) in [4.78, 5) is 35.4. The SMILES string of the molecule is NC(=O)C1CCN(C(=O)c2cc(=O)[nH][nH]2)CC1. The summed E-state index contributed by atoms with van der Waals surface area (Å²) >= 11 is 0. The monoisotopic (exact) mass is 238 g/mol. The van der Waals surface area contributed by atoms with Crippen LogP contribution in [0, 0.1) is 5.92 Å². The van der Waals surface area contributed by atoms with Gasteiger partial charge in [-0.3, -0.25) is 24.6 Å². The second-order valence-corrected chi connectivity index (χ2v) is 4.14. The van der Waals surface area contributed by atoms with E-state index in [1.54, 1.807) is 4.90 Å². The summed E-state index contributed by atoms with van der Waals surface area (Å²) in [7, 11) is 0. The molecule has 0 spiro atoms. The number of likely N-dealkylation sites (tertiary alicyclic amines) is 1. The van der Waals surface area contributed by atoms with E-state index in [9.17, 15) is 14.4 Å². The van der Waals surface area contributed by atoms with Gasteiger partial charge < -0.3 is 10.6 Å². The van der Waals surface area contributed by atoms with Crippen molar-refractivity contribution in [3.05, 3.63) is 22.1 Å². The molecule has 0 unspecified atom stereocenters. The number of nitrogens with two attached hydrogens (primary N) is 1. The van der Waals surface area contributed by atoms with Crippen LogP contribution in [0.3, 0.4) is 0 Å². The molecule has 2 amide bonds. The predicted octanol–water partition coefficient (Wildman–Crippen LogP) is -0.959. The van der Waals surface area contributed by atoms with E-state index in [1.165, 1.54) is 6.07 Å². The minimum atomic E-state index is -0.333. The maximum absolute atomic E-state index is 11.9. The molecule has 4 N–H and O–H groups in total. The summed E-state index contributed by atoms with van der Waals surface area (Å²) in [6.45, 7) is 0.972. The highest BCUT2D eigenvalue weighted by Gasteiger charge is 2.26. The molecule has 0 aromatic carbocycles. The molecule has 17 heavy (non-hydrogen) atoms. The molecular weight excluding hydrogens is 224 g/mol. The number of hydrogen-bond acceptors (Lipinski definition) is 3. The summed E-state index contributed by atoms with van der Waals surface area (Å²) in [6.07, 6.45) is 1.16. The Morgan fingerprint density at radius 3 is 2.41 bits per heavy atom. The van der Waals surface area contributed by atoms with Crippen LogP contribution in [-0.4, -0.2) is 40.0 Å². The summed E-state index contributed by atoms with van der Waals surface area (Å²) in [5.41, 5.74) is 5.12. The van der Waals surface area contributed by atoms with E-state index in [0.717, 1.165) is 0 Å². The molecule has 2 rings (SSSR count). The summed E-state index contributed by atoms with van der Waals surface area (Å²) in [5, 5.41) is 4.83. The highest BCUT2D eigenvalue weighted by Crippen LogP contribution is 2.17. The first-order valence-corrected chi connectivity index (χ1v) is 5.44. The van der Waals surface area contributed by atoms with Crippen molar-refractivity contribution in [2.24, 2.45) is 11.7 Å². The number of hydrogen-bond donors (Lipinski definition) is 3. The fourth-order valence-corrected chi connectivity index (χ4v) is 1.98. The quantitative estimate of drug-likeness (QED) is 0.616. The van der Waals surface area contributed by atoms with E-state index in [1.807, 2.05) is 0 Å². The minimum absolute atomic E-state index is 0.149. The largest absolute Gasteiger partial charge is 0.369 e. The first kappa shape index (κ1) is 11.4. The molecule has 0 atom stereocenters. The van der Waals surface area contributed by atoms with Crippen LogP contribution >= 0.6 is 0 Å². The van der Waals surface area contributed by atoms with Gasteiger partial charge in [0.25, 0.3) is 11.5 Å². The molecule has 1 aliphatic heterocycles. The van der Waals surface area contributed by atoms with Crippen molar-refractivity contribution in [2.45, 2.75) is 12.8 Å². The Hall–Kier alpha value is -2.05. The predicted molar refractivity (Wildman–Crippen MR) is 59.2 cm³/mol. The second-order valence-electron chi connectivity index (χ2n) is 4.14. The third kappa shape index (κ3) is 2.38. The third-order valence-electron chi connectivity index (χ3n) is 3.01. The van der Waals surface area contributed by atoms with Crippen LogP contribution in [-0.2, 0) is 4.79 Å². The van der Waals surface area contributed by atoms with Crippen molar-refractivity contribution in [1.29, 1.82) is 0 Å². The van der Waals surface area contributed by atoms with Crippen molar-refractivity contribution in [3.63, 3.8) is 0 Å². The zero-order chi connectivity index (χ0) is 12.4. The Bertz CT molecular complexity index is 482. The van der Waals surface area contributed by atoms with E-state index in [0.29, 0.717) is 25.9 Å². The molecule has 7 nitrogen and oxygen atoms in total. The Morgan fingerprint density at radius 2 is 1.94 bits per heavy atom. The van der Waals surface area contributed by atoms with Crippen molar-refractivity contribution < 1.29 is 9.59 Å². The molecule has 2 heterocycles. The number of carbonyl (C=O) groups is 2. The van der Waals surface area contributed by atoms with Gasteiger partial charge in [-0.1, -0.05) is 0 Å². The topological polar surface area (TPSA) is 112 Å². The highest BCUT2D eigenvalue weighted by atomic mass is 16.2. The smallest absolute Gasteiger partial charge is 0.271 e. The molecule has 7 heteroatoms. The minimum Gasteiger partial charge on any atom is -0.369 e. The summed E-state index contributed by atoms with van der Waals surface area (Å²) in [5.74, 6) is -0.692. The van der Waals surface area contributed by atoms with Gasteiger partial charge in [0, 0.05) is 25.1 Å². The molecular formula is C10H14N4O3. The molecule has 1 aromatic rings. The summed E-state index contributed by atoms with van der Waals surface area (Å²) in [6, 6.07) is 1.22. The molecule has 1 saturated heterocycles. The van der Waals surface area contributed by atoms with Crippen LogP contribution in [0.25, 0.3) is 0 Å². The zero-order valence-electron chi connectivity index (χ0n) is 9.23. The Kier molecular flexibility index (Phi) is 2.99. The van der Waals surface area contributed by atoms with Crippen LogP contribution in [0.5, 0.6) is 0 Å². The van der Waals surface area contributed by atoms with E-state index in [-0.39, 0.29) is 29.0 Å². The number of aromatic nitrogens is 2. The van der Waals surface area contributed by atoms with E-state index in [4.69, 9.17) is 5.73 Å². The van der Waals surface area contributed by atoms with Crippen molar-refractivity contribution in [2.75, 3.05) is 13.1 Å². The number of piperidine rings is 1. The molecule has 1 aliphatic rings. The van der Waals surface area contributed by atoms with Crippen LogP contribution < -0.4 is 11.3 Å². The van der Waals surface area contributed by atoms with Gasteiger partial charge in [0.1, 0.15) is 5.69 Å². The number of rotatable bonds is 2. The van der Waals surface area contributed by atoms with Gasteiger partial charge in [-0.25, -0.2) is 0 Å². The van der Waals surface area contributed by atoms with Gasteiger partial charge in [0.2, 0.25) is 5.91 Å². The van der Waals surface area contributed by atoms with E-state index in [2.05, 4.69) is 10.2 Å². The van der Waals surface area contributed by atoms with Gasteiger partial charge in [0.05, 0.1) is 0 Å². The van der Waals surface area contributed by atoms with Crippen molar-refractivity contribution in [3.8, 4) is 0 Å². The van der Waals surface area contributed by atoms with Crippen LogP contribution in [0.2, 0.25) is 0 Å². The molecule has 0 radical (unpaired) electrons.